The number of aryl methyl sites for hydroxylation is 1. The molecule has 0 aliphatic heterocycles. The lowest BCUT2D eigenvalue weighted by Gasteiger charge is -2.32. The van der Waals surface area contributed by atoms with Gasteiger partial charge in [0.2, 0.25) is 5.60 Å². The van der Waals surface area contributed by atoms with Crippen LogP contribution in [0.1, 0.15) is 42.7 Å². The van der Waals surface area contributed by atoms with E-state index in [4.69, 9.17) is 4.52 Å². The van der Waals surface area contributed by atoms with Gasteiger partial charge in [-0.05, 0) is 48.2 Å². The number of hydrogen-bond donors (Lipinski definition) is 2. The Morgan fingerprint density at radius 3 is 2.36 bits per heavy atom. The summed E-state index contributed by atoms with van der Waals surface area (Å²) in [6, 6.07) is 18.2. The highest BCUT2D eigenvalue weighted by molar-refractivity contribution is 6.01. The van der Waals surface area contributed by atoms with Crippen LogP contribution >= 0.6 is 0 Å². The summed E-state index contributed by atoms with van der Waals surface area (Å²) in [6.45, 7) is 5.23. The summed E-state index contributed by atoms with van der Waals surface area (Å²) >= 11 is 0. The smallest absolute Gasteiger partial charge is 0.369 e. The minimum atomic E-state index is -4.67. The van der Waals surface area contributed by atoms with Gasteiger partial charge in [0.05, 0.1) is 16.6 Å². The molecule has 0 saturated heterocycles. The predicted octanol–water partition coefficient (Wildman–Crippen LogP) is 5.60. The van der Waals surface area contributed by atoms with E-state index in [-0.39, 0.29) is 23.1 Å². The highest BCUT2D eigenvalue weighted by Crippen LogP contribution is 2.34. The third-order valence-electron chi connectivity index (χ3n) is 6.42. The summed E-state index contributed by atoms with van der Waals surface area (Å²) in [5.74, 6) is 3.91. The number of amides is 1. The van der Waals surface area contributed by atoms with Gasteiger partial charge in [-0.3, -0.25) is 4.79 Å². The predicted molar refractivity (Wildman–Crippen MR) is 141 cm³/mol. The maximum Gasteiger partial charge on any atom is 0.417 e. The molecule has 0 saturated carbocycles. The van der Waals surface area contributed by atoms with Gasteiger partial charge in [0, 0.05) is 23.1 Å². The SMILES string of the molecule is Cc1noc(=O)c2ccc(NC(=O)C(O)(C#Cc3ccccc3C(F)(F)F)CC(C)(C)c3ccccc3)cc12. The zero-order chi connectivity index (χ0) is 28.4. The molecule has 0 aliphatic rings. The van der Waals surface area contributed by atoms with Crippen molar-refractivity contribution in [3.8, 4) is 11.8 Å². The number of aromatic nitrogens is 1. The van der Waals surface area contributed by atoms with Gasteiger partial charge in [0.25, 0.3) is 5.91 Å². The molecular formula is C30H25F3N2O4. The molecule has 1 amide bonds. The van der Waals surface area contributed by atoms with E-state index in [0.717, 1.165) is 11.6 Å². The number of alkyl halides is 3. The Morgan fingerprint density at radius 1 is 1.00 bits per heavy atom. The molecule has 9 heteroatoms. The van der Waals surface area contributed by atoms with E-state index < -0.39 is 34.3 Å². The average Bonchev–Trinajstić information content (AvgIpc) is 2.89. The van der Waals surface area contributed by atoms with Gasteiger partial charge in [0.1, 0.15) is 0 Å². The van der Waals surface area contributed by atoms with Crippen LogP contribution in [-0.4, -0.2) is 21.8 Å². The molecule has 200 valence electrons. The Bertz CT molecular complexity index is 1650. The molecule has 0 fully saturated rings. The Labute approximate surface area is 222 Å². The molecule has 4 aromatic rings. The number of anilines is 1. The van der Waals surface area contributed by atoms with E-state index in [1.165, 1.54) is 36.4 Å². The quantitative estimate of drug-likeness (QED) is 0.325. The van der Waals surface area contributed by atoms with Crippen LogP contribution in [0, 0.1) is 18.8 Å². The third kappa shape index (κ3) is 6.02. The van der Waals surface area contributed by atoms with Crippen molar-refractivity contribution in [1.82, 2.24) is 5.16 Å². The first-order valence-corrected chi connectivity index (χ1v) is 12.0. The van der Waals surface area contributed by atoms with Gasteiger partial charge in [-0.1, -0.05) is 73.3 Å². The van der Waals surface area contributed by atoms with Crippen LogP contribution in [-0.2, 0) is 16.4 Å². The van der Waals surface area contributed by atoms with E-state index >= 15 is 0 Å². The monoisotopic (exact) mass is 534 g/mol. The van der Waals surface area contributed by atoms with Gasteiger partial charge in [-0.25, -0.2) is 4.79 Å². The van der Waals surface area contributed by atoms with E-state index in [1.807, 2.05) is 30.3 Å². The van der Waals surface area contributed by atoms with Crippen molar-refractivity contribution in [3.63, 3.8) is 0 Å². The average molecular weight is 535 g/mol. The first kappa shape index (κ1) is 27.6. The molecule has 0 aliphatic carbocycles. The van der Waals surface area contributed by atoms with Crippen LogP contribution in [0.15, 0.2) is 82.1 Å². The molecule has 1 aromatic heterocycles. The fourth-order valence-electron chi connectivity index (χ4n) is 4.36. The van der Waals surface area contributed by atoms with Crippen molar-refractivity contribution in [3.05, 3.63) is 106 Å². The molecule has 0 radical (unpaired) electrons. The number of fused-ring (bicyclic) bond motifs is 1. The minimum Gasteiger partial charge on any atom is -0.369 e. The lowest BCUT2D eigenvalue weighted by atomic mass is 9.75. The lowest BCUT2D eigenvalue weighted by molar-refractivity contribution is -0.137. The topological polar surface area (TPSA) is 92.4 Å². The van der Waals surface area contributed by atoms with Crippen molar-refractivity contribution in [2.75, 3.05) is 5.32 Å². The van der Waals surface area contributed by atoms with Crippen molar-refractivity contribution in [2.45, 2.75) is 44.4 Å². The van der Waals surface area contributed by atoms with Crippen LogP contribution < -0.4 is 10.9 Å². The number of halogens is 3. The van der Waals surface area contributed by atoms with Crippen LogP contribution in [0.5, 0.6) is 0 Å². The van der Waals surface area contributed by atoms with Gasteiger partial charge in [-0.2, -0.15) is 13.2 Å². The van der Waals surface area contributed by atoms with Gasteiger partial charge in [0.15, 0.2) is 0 Å². The summed E-state index contributed by atoms with van der Waals surface area (Å²) in [5.41, 5.74) is -3.74. The Kier molecular flexibility index (Phi) is 7.35. The summed E-state index contributed by atoms with van der Waals surface area (Å²) in [5, 5.41) is 18.6. The Balaban J connectivity index is 1.77. The number of carbonyl (C=O) groups is 1. The Morgan fingerprint density at radius 2 is 1.67 bits per heavy atom. The van der Waals surface area contributed by atoms with Crippen molar-refractivity contribution in [1.29, 1.82) is 0 Å². The molecule has 1 unspecified atom stereocenters. The molecule has 0 spiro atoms. The molecule has 1 heterocycles. The van der Waals surface area contributed by atoms with Crippen LogP contribution in [0.25, 0.3) is 10.8 Å². The van der Waals surface area contributed by atoms with E-state index in [1.54, 1.807) is 20.8 Å². The highest BCUT2D eigenvalue weighted by Gasteiger charge is 2.41. The zero-order valence-electron chi connectivity index (χ0n) is 21.4. The van der Waals surface area contributed by atoms with Crippen molar-refractivity contribution < 1.29 is 27.6 Å². The number of benzene rings is 3. The number of nitrogens with zero attached hydrogens (tertiary/aromatic N) is 1. The second-order valence-electron chi connectivity index (χ2n) is 9.85. The molecule has 2 N–H and O–H groups in total. The molecule has 1 atom stereocenters. The normalized spacial score (nSPS) is 13.3. The number of nitrogens with one attached hydrogen (secondary N) is 1. The van der Waals surface area contributed by atoms with E-state index in [0.29, 0.717) is 11.1 Å². The summed E-state index contributed by atoms with van der Waals surface area (Å²) in [4.78, 5) is 25.5. The summed E-state index contributed by atoms with van der Waals surface area (Å²) in [7, 11) is 0. The van der Waals surface area contributed by atoms with Crippen LogP contribution in [0.3, 0.4) is 0 Å². The molecule has 4 rings (SSSR count). The number of aliphatic hydroxyl groups is 1. The molecule has 6 nitrogen and oxygen atoms in total. The van der Waals surface area contributed by atoms with E-state index in [2.05, 4.69) is 22.3 Å². The van der Waals surface area contributed by atoms with Crippen molar-refractivity contribution in [2.24, 2.45) is 0 Å². The maximum atomic E-state index is 13.6. The molecule has 3 aromatic carbocycles. The summed E-state index contributed by atoms with van der Waals surface area (Å²) < 4.78 is 45.4. The summed E-state index contributed by atoms with van der Waals surface area (Å²) in [6.07, 6.45) is -4.90. The second-order valence-corrected chi connectivity index (χ2v) is 9.85. The first-order valence-electron chi connectivity index (χ1n) is 12.0. The fourth-order valence-corrected chi connectivity index (χ4v) is 4.36. The largest absolute Gasteiger partial charge is 0.417 e. The van der Waals surface area contributed by atoms with Gasteiger partial charge >= 0.3 is 11.8 Å². The molecular weight excluding hydrogens is 509 g/mol. The van der Waals surface area contributed by atoms with E-state index in [9.17, 15) is 27.9 Å². The Hall–Kier alpha value is -4.42. The fraction of sp³-hybridized carbons (Fsp3) is 0.233. The lowest BCUT2D eigenvalue weighted by Crippen LogP contribution is -2.46. The van der Waals surface area contributed by atoms with Gasteiger partial charge in [-0.15, -0.1) is 0 Å². The standard InChI is InChI=1S/C30H25F3N2O4/c1-19-24-17-22(13-14-23(24)26(36)39-35-19)34-27(37)29(38,18-28(2,3)21-10-5-4-6-11-21)16-15-20-9-7-8-12-25(20)30(31,32)33/h4-14,17,38H,18H2,1-3H3,(H,34,37). The van der Waals surface area contributed by atoms with Crippen LogP contribution in [0.2, 0.25) is 0 Å². The highest BCUT2D eigenvalue weighted by atomic mass is 19.4. The second kappa shape index (κ2) is 10.4. The maximum absolute atomic E-state index is 13.6. The van der Waals surface area contributed by atoms with Crippen molar-refractivity contribution >= 4 is 22.4 Å². The molecule has 0 bridgehead atoms. The zero-order valence-corrected chi connectivity index (χ0v) is 21.4. The third-order valence-corrected chi connectivity index (χ3v) is 6.42. The number of hydrogen-bond acceptors (Lipinski definition) is 5. The minimum absolute atomic E-state index is 0.227. The first-order chi connectivity index (χ1) is 18.3. The van der Waals surface area contributed by atoms with Gasteiger partial charge < -0.3 is 14.9 Å². The molecule has 39 heavy (non-hydrogen) atoms. The van der Waals surface area contributed by atoms with Crippen LogP contribution in [0.4, 0.5) is 18.9 Å². The number of rotatable bonds is 5. The number of carbonyl (C=O) groups excluding carboxylic acids is 1.